The summed E-state index contributed by atoms with van der Waals surface area (Å²) in [5.74, 6) is 0.106. The van der Waals surface area contributed by atoms with E-state index in [2.05, 4.69) is 25.6 Å². The Balaban J connectivity index is 0.00000142. The van der Waals surface area contributed by atoms with Crippen molar-refractivity contribution in [3.8, 4) is 0 Å². The highest BCUT2D eigenvalue weighted by atomic mass is 32.2. The fourth-order valence-electron chi connectivity index (χ4n) is 3.90. The van der Waals surface area contributed by atoms with Gasteiger partial charge in [0.2, 0.25) is 11.9 Å². The molecule has 0 bridgehead atoms. The first-order chi connectivity index (χ1) is 22.1. The van der Waals surface area contributed by atoms with Crippen molar-refractivity contribution in [1.29, 1.82) is 0 Å². The summed E-state index contributed by atoms with van der Waals surface area (Å²) in [6, 6.07) is 19.6. The van der Waals surface area contributed by atoms with E-state index in [0.717, 1.165) is 17.3 Å². The first-order valence-corrected chi connectivity index (χ1v) is 18.1. The molecule has 0 saturated carbocycles. The predicted molar refractivity (Wildman–Crippen MR) is 170 cm³/mol. The van der Waals surface area contributed by atoms with Gasteiger partial charge in [0, 0.05) is 24.7 Å². The molecule has 0 aliphatic heterocycles. The van der Waals surface area contributed by atoms with Gasteiger partial charge < -0.3 is 10.6 Å². The topological polar surface area (TPSA) is 266 Å². The lowest BCUT2D eigenvalue weighted by molar-refractivity contribution is -0.387. The number of benzene rings is 3. The summed E-state index contributed by atoms with van der Waals surface area (Å²) < 4.78 is 89.5. The van der Waals surface area contributed by atoms with Gasteiger partial charge >= 0.3 is 10.6 Å². The molecule has 4 aromatic rings. The van der Waals surface area contributed by atoms with Crippen LogP contribution in [0, 0.1) is 10.1 Å². The first kappa shape index (κ1) is 36.9. The van der Waals surface area contributed by atoms with Crippen LogP contribution in [-0.4, -0.2) is 69.9 Å². The molecule has 250 valence electrons. The number of aromatic nitrogens is 3. The summed E-state index contributed by atoms with van der Waals surface area (Å²) in [5.41, 5.74) is 1.23. The molecule has 0 aliphatic carbocycles. The number of rotatable bonds is 14. The minimum Gasteiger partial charge on any atom is -0.350 e. The molecule has 1 heterocycles. The van der Waals surface area contributed by atoms with Crippen LogP contribution in [0.4, 0.5) is 23.3 Å². The molecule has 0 atom stereocenters. The second-order valence-corrected chi connectivity index (χ2v) is 13.8. The molecule has 4 N–H and O–H groups in total. The number of thioether (sulfide) groups is 1. The minimum atomic E-state index is -4.51. The summed E-state index contributed by atoms with van der Waals surface area (Å²) in [7, 11) is -11.8. The average molecular weight is 727 g/mol. The van der Waals surface area contributed by atoms with Crippen LogP contribution in [-0.2, 0) is 43.8 Å². The first-order valence-electron chi connectivity index (χ1n) is 13.1. The molecule has 3 aromatic carbocycles. The fraction of sp³-hybridized carbons (Fsp3) is 0.192. The maximum Gasteiger partial charge on any atom is 0.425 e. The van der Waals surface area contributed by atoms with Crippen LogP contribution >= 0.6 is 11.8 Å². The lowest BCUT2D eigenvalue weighted by Crippen LogP contribution is -2.11. The van der Waals surface area contributed by atoms with Crippen LogP contribution in [0.2, 0.25) is 0 Å². The molecular weight excluding hydrogens is 701 g/mol. The molecule has 1 aromatic heterocycles. The number of nitro groups is 1. The van der Waals surface area contributed by atoms with Gasteiger partial charge in [-0.2, -0.15) is 31.8 Å². The molecule has 0 saturated heterocycles. The third kappa shape index (κ3) is 13.0. The molecular formula is C26H26N6O11S4. The van der Waals surface area contributed by atoms with Crippen LogP contribution in [0.25, 0.3) is 0 Å². The summed E-state index contributed by atoms with van der Waals surface area (Å²) in [4.78, 5) is 24.4. The van der Waals surface area contributed by atoms with Crippen LogP contribution < -0.4 is 10.6 Å². The molecule has 0 aliphatic rings. The van der Waals surface area contributed by atoms with Gasteiger partial charge in [-0.25, -0.2) is 0 Å². The molecule has 4 rings (SSSR count). The second-order valence-electron chi connectivity index (χ2n) is 9.25. The van der Waals surface area contributed by atoms with Crippen molar-refractivity contribution in [3.05, 3.63) is 99.9 Å². The van der Waals surface area contributed by atoms with E-state index >= 15 is 0 Å². The monoisotopic (exact) mass is 726 g/mol. The standard InChI is InChI=1S/C26H26N6O8S3.O3S/c33-32(34)21-16-20(11-12-22(21)41-13-6-14-42(35,36)37)28-26-30-24(15-19-9-4-5-10-23(19)43(38,39)40)29-25(31-26)27-17-18-7-2-1-3-8-18;1-4(2)3/h1-5,7-12,16H,6,13-15,17H2,(H,35,36,37)(H,38,39,40)(H2,27,28,29,30,31);. The van der Waals surface area contributed by atoms with E-state index in [1.807, 2.05) is 30.3 Å². The van der Waals surface area contributed by atoms with E-state index in [0.29, 0.717) is 11.4 Å². The van der Waals surface area contributed by atoms with Crippen molar-refractivity contribution in [2.24, 2.45) is 0 Å². The van der Waals surface area contributed by atoms with Gasteiger partial charge in [-0.3, -0.25) is 19.2 Å². The van der Waals surface area contributed by atoms with Crippen LogP contribution in [0.15, 0.2) is 82.6 Å². The quantitative estimate of drug-likeness (QED) is 0.0477. The molecule has 0 unspecified atom stereocenters. The van der Waals surface area contributed by atoms with Crippen LogP contribution in [0.5, 0.6) is 0 Å². The number of nitrogens with zero attached hydrogens (tertiary/aromatic N) is 4. The Morgan fingerprint density at radius 1 is 0.872 bits per heavy atom. The Labute approximate surface area is 274 Å². The molecule has 0 fully saturated rings. The molecule has 21 heteroatoms. The SMILES string of the molecule is O=S(=O)=O.O=[N+]([O-])c1cc(Nc2nc(Cc3ccccc3S(=O)(=O)O)nc(NCc3ccccc3)n2)ccc1SCCCS(=O)(=O)O. The van der Waals surface area contributed by atoms with Crippen LogP contribution in [0.3, 0.4) is 0 Å². The largest absolute Gasteiger partial charge is 0.425 e. The van der Waals surface area contributed by atoms with Gasteiger partial charge in [0.1, 0.15) is 5.82 Å². The van der Waals surface area contributed by atoms with Crippen molar-refractivity contribution >= 4 is 65.9 Å². The van der Waals surface area contributed by atoms with Gasteiger partial charge in [-0.05, 0) is 41.5 Å². The Kier molecular flexibility index (Phi) is 13.2. The van der Waals surface area contributed by atoms with Gasteiger partial charge in [0.05, 0.1) is 20.5 Å². The third-order valence-corrected chi connectivity index (χ3v) is 8.70. The summed E-state index contributed by atoms with van der Waals surface area (Å²) in [6.45, 7) is 0.361. The number of hydrogen-bond donors (Lipinski definition) is 4. The highest BCUT2D eigenvalue weighted by molar-refractivity contribution is 7.99. The van der Waals surface area contributed by atoms with Crippen molar-refractivity contribution in [2.45, 2.75) is 29.2 Å². The summed E-state index contributed by atoms with van der Waals surface area (Å²) in [6.07, 6.45) is 0.0280. The van der Waals surface area contributed by atoms with E-state index in [1.165, 1.54) is 30.3 Å². The molecule has 0 spiro atoms. The smallest absolute Gasteiger partial charge is 0.350 e. The maximum absolute atomic E-state index is 11.9. The van der Waals surface area contributed by atoms with Gasteiger partial charge in [0.15, 0.2) is 0 Å². The normalized spacial score (nSPS) is 11.2. The zero-order valence-corrected chi connectivity index (χ0v) is 27.2. The molecule has 17 nitrogen and oxygen atoms in total. The lowest BCUT2D eigenvalue weighted by Gasteiger charge is -2.12. The predicted octanol–water partition coefficient (Wildman–Crippen LogP) is 3.34. The zero-order chi connectivity index (χ0) is 34.6. The highest BCUT2D eigenvalue weighted by Crippen LogP contribution is 2.33. The molecule has 0 radical (unpaired) electrons. The maximum atomic E-state index is 11.9. The van der Waals surface area contributed by atoms with E-state index in [-0.39, 0.29) is 58.1 Å². The van der Waals surface area contributed by atoms with E-state index in [9.17, 15) is 31.5 Å². The van der Waals surface area contributed by atoms with Gasteiger partial charge in [-0.15, -0.1) is 24.4 Å². The van der Waals surface area contributed by atoms with Crippen molar-refractivity contribution in [3.63, 3.8) is 0 Å². The summed E-state index contributed by atoms with van der Waals surface area (Å²) >= 11 is 1.08. The van der Waals surface area contributed by atoms with E-state index in [4.69, 9.17) is 17.2 Å². The van der Waals surface area contributed by atoms with E-state index in [1.54, 1.807) is 12.1 Å². The number of nitrogens with one attached hydrogen (secondary N) is 2. The average Bonchev–Trinajstić information content (AvgIpc) is 2.98. The summed E-state index contributed by atoms with van der Waals surface area (Å²) in [5, 5.41) is 17.8. The zero-order valence-electron chi connectivity index (χ0n) is 24.0. The number of hydrogen-bond acceptors (Lipinski definition) is 15. The van der Waals surface area contributed by atoms with Crippen molar-refractivity contribution in [2.75, 3.05) is 22.1 Å². The Bertz CT molecular complexity index is 2040. The number of anilines is 3. The Morgan fingerprint density at radius 2 is 1.51 bits per heavy atom. The van der Waals surface area contributed by atoms with Gasteiger partial charge in [0.25, 0.3) is 25.9 Å². The molecule has 47 heavy (non-hydrogen) atoms. The lowest BCUT2D eigenvalue weighted by atomic mass is 10.1. The Hall–Kier alpha value is -4.54. The third-order valence-electron chi connectivity index (χ3n) is 5.79. The minimum absolute atomic E-state index is 0.0211. The van der Waals surface area contributed by atoms with Crippen molar-refractivity contribution < 1.29 is 43.5 Å². The highest BCUT2D eigenvalue weighted by Gasteiger charge is 2.19. The van der Waals surface area contributed by atoms with E-state index < -0.39 is 41.5 Å². The van der Waals surface area contributed by atoms with Crippen molar-refractivity contribution in [1.82, 2.24) is 15.0 Å². The van der Waals surface area contributed by atoms with Crippen LogP contribution in [0.1, 0.15) is 23.4 Å². The second kappa shape index (κ2) is 16.9. The molecule has 0 amide bonds. The van der Waals surface area contributed by atoms with Gasteiger partial charge in [-0.1, -0.05) is 48.5 Å². The fourth-order valence-corrected chi connectivity index (χ4v) is 6.26. The number of nitro benzene ring substituents is 1. The Morgan fingerprint density at radius 3 is 2.15 bits per heavy atom.